The van der Waals surface area contributed by atoms with Gasteiger partial charge in [0.25, 0.3) is 0 Å². The number of amides is 3. The molecule has 0 aromatic heterocycles. The van der Waals surface area contributed by atoms with Gasteiger partial charge in [0, 0.05) is 24.7 Å². The highest BCUT2D eigenvalue weighted by Crippen LogP contribution is 2.18. The van der Waals surface area contributed by atoms with Gasteiger partial charge in [0.1, 0.15) is 5.82 Å². The first-order valence-electron chi connectivity index (χ1n) is 12.6. The summed E-state index contributed by atoms with van der Waals surface area (Å²) in [7, 11) is 0. The number of benzene rings is 2. The minimum atomic E-state index is -0.274. The van der Waals surface area contributed by atoms with Gasteiger partial charge in [0.2, 0.25) is 17.7 Å². The molecule has 2 N–H and O–H groups in total. The molecule has 3 rings (SSSR count). The van der Waals surface area contributed by atoms with E-state index in [0.29, 0.717) is 44.6 Å². The average molecular weight is 497 g/mol. The van der Waals surface area contributed by atoms with E-state index in [1.54, 1.807) is 17.9 Å². The molecule has 0 unspecified atom stereocenters. The van der Waals surface area contributed by atoms with Crippen LogP contribution < -0.4 is 10.6 Å². The quantitative estimate of drug-likeness (QED) is 0.526. The van der Waals surface area contributed by atoms with Crippen molar-refractivity contribution in [3.05, 3.63) is 65.0 Å². The third-order valence-corrected chi connectivity index (χ3v) is 6.62. The van der Waals surface area contributed by atoms with Gasteiger partial charge in [-0.25, -0.2) is 4.39 Å². The molecule has 1 heterocycles. The summed E-state index contributed by atoms with van der Waals surface area (Å²) in [6.45, 7) is 7.94. The SMILES string of the molecule is CCCN(CC(=O)Nc1ccccc1C)C(=O)CN1CCC(C(=O)NCc2ccc(C)c(F)c2)CC1. The zero-order chi connectivity index (χ0) is 26.1. The number of nitrogens with one attached hydrogen (secondary N) is 2. The molecule has 7 nitrogen and oxygen atoms in total. The number of nitrogens with zero attached hydrogens (tertiary/aromatic N) is 2. The monoisotopic (exact) mass is 496 g/mol. The van der Waals surface area contributed by atoms with Gasteiger partial charge in [-0.2, -0.15) is 0 Å². The van der Waals surface area contributed by atoms with E-state index < -0.39 is 0 Å². The van der Waals surface area contributed by atoms with Crippen molar-refractivity contribution in [1.29, 1.82) is 0 Å². The first-order chi connectivity index (χ1) is 17.3. The van der Waals surface area contributed by atoms with E-state index in [-0.39, 0.29) is 42.5 Å². The van der Waals surface area contributed by atoms with Crippen LogP contribution >= 0.6 is 0 Å². The van der Waals surface area contributed by atoms with Crippen molar-refractivity contribution in [3.8, 4) is 0 Å². The van der Waals surface area contributed by atoms with E-state index in [9.17, 15) is 18.8 Å². The maximum Gasteiger partial charge on any atom is 0.244 e. The standard InChI is InChI=1S/C28H37FN4O3/c1-4-13-33(18-26(34)31-25-8-6-5-7-21(25)3)27(35)19-32-14-11-23(12-15-32)28(36)30-17-22-10-9-20(2)24(29)16-22/h5-10,16,23H,4,11-15,17-19H2,1-3H3,(H,30,36)(H,31,34). The smallest absolute Gasteiger partial charge is 0.244 e. The number of hydrogen-bond donors (Lipinski definition) is 2. The lowest BCUT2D eigenvalue weighted by atomic mass is 9.95. The van der Waals surface area contributed by atoms with Gasteiger partial charge >= 0.3 is 0 Å². The first-order valence-corrected chi connectivity index (χ1v) is 12.6. The molecule has 1 aliphatic rings. The Morgan fingerprint density at radius 1 is 1.06 bits per heavy atom. The molecule has 0 bridgehead atoms. The molecule has 194 valence electrons. The lowest BCUT2D eigenvalue weighted by Crippen LogP contribution is -2.47. The van der Waals surface area contributed by atoms with E-state index >= 15 is 0 Å². The van der Waals surface area contributed by atoms with E-state index in [1.165, 1.54) is 6.07 Å². The predicted molar refractivity (Wildman–Crippen MR) is 139 cm³/mol. The third-order valence-electron chi connectivity index (χ3n) is 6.62. The lowest BCUT2D eigenvalue weighted by Gasteiger charge is -2.32. The van der Waals surface area contributed by atoms with Crippen LogP contribution in [0.1, 0.15) is 42.9 Å². The summed E-state index contributed by atoms with van der Waals surface area (Å²) in [5, 5.41) is 5.80. The van der Waals surface area contributed by atoms with Crippen molar-refractivity contribution in [3.63, 3.8) is 0 Å². The summed E-state index contributed by atoms with van der Waals surface area (Å²) in [6, 6.07) is 12.5. The summed E-state index contributed by atoms with van der Waals surface area (Å²) in [5.74, 6) is -0.735. The van der Waals surface area contributed by atoms with Crippen LogP contribution in [0.15, 0.2) is 42.5 Å². The fourth-order valence-corrected chi connectivity index (χ4v) is 4.36. The minimum absolute atomic E-state index is 0.0134. The van der Waals surface area contributed by atoms with Crippen molar-refractivity contribution in [1.82, 2.24) is 15.1 Å². The van der Waals surface area contributed by atoms with Crippen molar-refractivity contribution in [2.24, 2.45) is 5.92 Å². The number of hydrogen-bond acceptors (Lipinski definition) is 4. The van der Waals surface area contributed by atoms with E-state index in [0.717, 1.165) is 23.2 Å². The zero-order valence-electron chi connectivity index (χ0n) is 21.5. The average Bonchev–Trinajstić information content (AvgIpc) is 2.86. The Bertz CT molecular complexity index is 1070. The second-order valence-corrected chi connectivity index (χ2v) is 9.53. The van der Waals surface area contributed by atoms with Crippen molar-refractivity contribution < 1.29 is 18.8 Å². The van der Waals surface area contributed by atoms with Crippen LogP contribution in [-0.4, -0.2) is 60.2 Å². The van der Waals surface area contributed by atoms with Crippen molar-refractivity contribution in [2.45, 2.75) is 46.6 Å². The topological polar surface area (TPSA) is 81.8 Å². The van der Waals surface area contributed by atoms with Crippen LogP contribution in [0.5, 0.6) is 0 Å². The molecule has 8 heteroatoms. The van der Waals surface area contributed by atoms with Gasteiger partial charge in [-0.3, -0.25) is 19.3 Å². The third kappa shape index (κ3) is 7.88. The van der Waals surface area contributed by atoms with Crippen molar-refractivity contribution in [2.75, 3.05) is 38.0 Å². The van der Waals surface area contributed by atoms with Gasteiger partial charge < -0.3 is 15.5 Å². The minimum Gasteiger partial charge on any atom is -0.352 e. The molecule has 2 aromatic rings. The second-order valence-electron chi connectivity index (χ2n) is 9.53. The fourth-order valence-electron chi connectivity index (χ4n) is 4.36. The molecular formula is C28H37FN4O3. The van der Waals surface area contributed by atoms with Crippen LogP contribution in [0.3, 0.4) is 0 Å². The van der Waals surface area contributed by atoms with Crippen LogP contribution in [-0.2, 0) is 20.9 Å². The van der Waals surface area contributed by atoms with Gasteiger partial charge in [0.05, 0.1) is 13.1 Å². The van der Waals surface area contributed by atoms with E-state index in [1.807, 2.05) is 49.1 Å². The zero-order valence-corrected chi connectivity index (χ0v) is 21.5. The van der Waals surface area contributed by atoms with Gasteiger partial charge in [-0.15, -0.1) is 0 Å². The second kappa shape index (κ2) is 13.2. The Kier molecular flexibility index (Phi) is 9.99. The summed E-state index contributed by atoms with van der Waals surface area (Å²) in [4.78, 5) is 41.8. The van der Waals surface area contributed by atoms with Gasteiger partial charge in [-0.1, -0.05) is 37.3 Å². The normalized spacial score (nSPS) is 14.3. The molecule has 0 radical (unpaired) electrons. The highest BCUT2D eigenvalue weighted by molar-refractivity contribution is 5.95. The van der Waals surface area contributed by atoms with Crippen LogP contribution in [0.4, 0.5) is 10.1 Å². The number of piperidine rings is 1. The summed E-state index contributed by atoms with van der Waals surface area (Å²) >= 11 is 0. The molecule has 3 amide bonds. The Morgan fingerprint density at radius 3 is 2.44 bits per heavy atom. The number of carbonyl (C=O) groups excluding carboxylic acids is 3. The largest absolute Gasteiger partial charge is 0.352 e. The molecule has 2 aromatic carbocycles. The number of carbonyl (C=O) groups is 3. The molecule has 1 saturated heterocycles. The highest BCUT2D eigenvalue weighted by atomic mass is 19.1. The number of aryl methyl sites for hydroxylation is 2. The van der Waals surface area contributed by atoms with Gasteiger partial charge in [-0.05, 0) is 75.0 Å². The summed E-state index contributed by atoms with van der Waals surface area (Å²) < 4.78 is 13.7. The number of anilines is 1. The maximum atomic E-state index is 13.7. The lowest BCUT2D eigenvalue weighted by molar-refractivity contribution is -0.136. The molecule has 0 saturated carbocycles. The number of halogens is 1. The van der Waals surface area contributed by atoms with Crippen LogP contribution in [0, 0.1) is 25.6 Å². The molecule has 1 aliphatic heterocycles. The van der Waals surface area contributed by atoms with E-state index in [2.05, 4.69) is 10.6 Å². The number of rotatable bonds is 10. The van der Waals surface area contributed by atoms with Gasteiger partial charge in [0.15, 0.2) is 0 Å². The summed E-state index contributed by atoms with van der Waals surface area (Å²) in [5.41, 5.74) is 3.03. The number of likely N-dealkylation sites (tertiary alicyclic amines) is 1. The highest BCUT2D eigenvalue weighted by Gasteiger charge is 2.27. The molecule has 36 heavy (non-hydrogen) atoms. The van der Waals surface area contributed by atoms with Crippen LogP contribution in [0.2, 0.25) is 0 Å². The predicted octanol–water partition coefficient (Wildman–Crippen LogP) is 3.65. The van der Waals surface area contributed by atoms with Crippen molar-refractivity contribution >= 4 is 23.4 Å². The molecule has 1 fully saturated rings. The molecule has 0 spiro atoms. The first kappa shape index (κ1) is 27.3. The molecule has 0 atom stereocenters. The maximum absolute atomic E-state index is 13.7. The Labute approximate surface area is 213 Å². The summed E-state index contributed by atoms with van der Waals surface area (Å²) in [6.07, 6.45) is 2.07. The molecule has 0 aliphatic carbocycles. The van der Waals surface area contributed by atoms with Crippen LogP contribution in [0.25, 0.3) is 0 Å². The fraction of sp³-hybridized carbons (Fsp3) is 0.464. The Balaban J connectivity index is 1.44. The molecular weight excluding hydrogens is 459 g/mol. The van der Waals surface area contributed by atoms with E-state index in [4.69, 9.17) is 0 Å². The number of para-hydroxylation sites is 1. The Morgan fingerprint density at radius 2 is 1.78 bits per heavy atom. The Hall–Kier alpha value is -3.26.